The van der Waals surface area contributed by atoms with Crippen LogP contribution in [0.25, 0.3) is 0 Å². The van der Waals surface area contributed by atoms with Crippen molar-refractivity contribution >= 4 is 15.9 Å². The third kappa shape index (κ3) is 3.90. The van der Waals surface area contributed by atoms with Gasteiger partial charge >= 0.3 is 6.18 Å². The summed E-state index contributed by atoms with van der Waals surface area (Å²) in [4.78, 5) is 12.0. The highest BCUT2D eigenvalue weighted by Gasteiger charge is 2.55. The largest absolute Gasteiger partial charge is 0.435 e. The Balaban J connectivity index is 1.65. The molecule has 0 saturated heterocycles. The van der Waals surface area contributed by atoms with E-state index in [2.05, 4.69) is 5.10 Å². The highest BCUT2D eigenvalue weighted by atomic mass is 32.2. The Kier molecular flexibility index (Phi) is 4.55. The second-order valence-corrected chi connectivity index (χ2v) is 8.35. The number of benzene rings is 1. The topological polar surface area (TPSA) is 81.1 Å². The van der Waals surface area contributed by atoms with Crippen LogP contribution in [-0.4, -0.2) is 28.9 Å². The Morgan fingerprint density at radius 2 is 1.85 bits per heavy atom. The van der Waals surface area contributed by atoms with Gasteiger partial charge in [-0.05, 0) is 30.9 Å². The van der Waals surface area contributed by atoms with E-state index < -0.39 is 39.1 Å². The van der Waals surface area contributed by atoms with Crippen molar-refractivity contribution in [3.63, 3.8) is 0 Å². The summed E-state index contributed by atoms with van der Waals surface area (Å²) in [6, 6.07) is 9.75. The van der Waals surface area contributed by atoms with Gasteiger partial charge in [0.1, 0.15) is 6.54 Å². The second-order valence-electron chi connectivity index (χ2n) is 6.27. The molecule has 1 aliphatic carbocycles. The van der Waals surface area contributed by atoms with Crippen LogP contribution in [0.1, 0.15) is 24.1 Å². The first kappa shape index (κ1) is 18.4. The molecule has 0 atom stereocenters. The molecule has 1 saturated carbocycles. The molecular weight excluding hydrogens is 371 g/mol. The standard InChI is InChI=1S/C16H16F3N3O3S/c17-16(18,19)13-6-9-22(20-13)11-14(23)21-26(24,25)15(7-8-15)10-12-4-2-1-3-5-12/h1-6,9H,7-8,10-11H2,(H,21,23). The van der Waals surface area contributed by atoms with Crippen LogP contribution in [0.4, 0.5) is 13.2 Å². The maximum absolute atomic E-state index is 12.5. The molecule has 2 aromatic rings. The van der Waals surface area contributed by atoms with Gasteiger partial charge in [-0.3, -0.25) is 14.2 Å². The molecular formula is C16H16F3N3O3S. The zero-order valence-electron chi connectivity index (χ0n) is 13.5. The third-order valence-corrected chi connectivity index (χ3v) is 6.42. The number of alkyl halides is 3. The van der Waals surface area contributed by atoms with Crippen molar-refractivity contribution in [3.8, 4) is 0 Å². The number of hydrogen-bond acceptors (Lipinski definition) is 4. The van der Waals surface area contributed by atoms with E-state index in [9.17, 15) is 26.4 Å². The van der Waals surface area contributed by atoms with Gasteiger partial charge in [0.05, 0.1) is 4.75 Å². The molecule has 10 heteroatoms. The van der Waals surface area contributed by atoms with Crippen molar-refractivity contribution in [2.45, 2.75) is 36.7 Å². The van der Waals surface area contributed by atoms with Crippen LogP contribution in [-0.2, 0) is 34.0 Å². The van der Waals surface area contributed by atoms with Gasteiger partial charge < -0.3 is 0 Å². The molecule has 0 spiro atoms. The normalized spacial score (nSPS) is 16.3. The molecule has 1 amide bonds. The molecule has 0 aliphatic heterocycles. The minimum absolute atomic E-state index is 0.274. The lowest BCUT2D eigenvalue weighted by Gasteiger charge is -2.17. The number of carbonyl (C=O) groups excluding carboxylic acids is 1. The summed E-state index contributed by atoms with van der Waals surface area (Å²) in [6.07, 6.45) is -2.53. The summed E-state index contributed by atoms with van der Waals surface area (Å²) in [7, 11) is -3.95. The number of rotatable bonds is 6. The number of nitrogens with zero attached hydrogens (tertiary/aromatic N) is 2. The first-order chi connectivity index (χ1) is 12.1. The molecule has 0 unspecified atom stereocenters. The zero-order valence-corrected chi connectivity index (χ0v) is 14.3. The number of aromatic nitrogens is 2. The molecule has 1 fully saturated rings. The van der Waals surface area contributed by atoms with Gasteiger partial charge in [0.15, 0.2) is 5.69 Å². The van der Waals surface area contributed by atoms with Gasteiger partial charge in [-0.2, -0.15) is 18.3 Å². The van der Waals surface area contributed by atoms with Crippen molar-refractivity contribution in [1.82, 2.24) is 14.5 Å². The first-order valence-electron chi connectivity index (χ1n) is 7.81. The minimum Gasteiger partial charge on any atom is -0.272 e. The molecule has 1 aromatic heterocycles. The number of amides is 1. The molecule has 1 N–H and O–H groups in total. The lowest BCUT2D eigenvalue weighted by atomic mass is 10.1. The zero-order chi connectivity index (χ0) is 19.0. The van der Waals surface area contributed by atoms with Gasteiger partial charge in [0.2, 0.25) is 10.0 Å². The highest BCUT2D eigenvalue weighted by Crippen LogP contribution is 2.45. The number of sulfonamides is 1. The molecule has 0 bridgehead atoms. The van der Waals surface area contributed by atoms with Crippen LogP contribution in [0.15, 0.2) is 42.6 Å². The fraction of sp³-hybridized carbons (Fsp3) is 0.375. The minimum atomic E-state index is -4.62. The van der Waals surface area contributed by atoms with E-state index in [-0.39, 0.29) is 6.42 Å². The maximum atomic E-state index is 12.5. The maximum Gasteiger partial charge on any atom is 0.435 e. The average Bonchev–Trinajstić information content (AvgIpc) is 3.17. The average molecular weight is 387 g/mol. The summed E-state index contributed by atoms with van der Waals surface area (Å²) >= 11 is 0. The van der Waals surface area contributed by atoms with Crippen molar-refractivity contribution in [1.29, 1.82) is 0 Å². The van der Waals surface area contributed by atoms with E-state index in [1.165, 1.54) is 0 Å². The number of carbonyl (C=O) groups is 1. The summed E-state index contributed by atoms with van der Waals surface area (Å²) in [5.74, 6) is -0.929. The monoisotopic (exact) mass is 387 g/mol. The number of nitrogens with one attached hydrogen (secondary N) is 1. The van der Waals surface area contributed by atoms with E-state index in [1.54, 1.807) is 24.3 Å². The van der Waals surface area contributed by atoms with Crippen LogP contribution in [0.3, 0.4) is 0 Å². The molecule has 6 nitrogen and oxygen atoms in total. The van der Waals surface area contributed by atoms with Crippen LogP contribution in [0, 0.1) is 0 Å². The summed E-state index contributed by atoms with van der Waals surface area (Å²) < 4.78 is 64.3. The van der Waals surface area contributed by atoms with Crippen LogP contribution < -0.4 is 4.72 Å². The first-order valence-corrected chi connectivity index (χ1v) is 9.29. The Labute approximate surface area is 148 Å². The van der Waals surface area contributed by atoms with Crippen LogP contribution >= 0.6 is 0 Å². The molecule has 0 radical (unpaired) electrons. The van der Waals surface area contributed by atoms with Gasteiger partial charge in [0, 0.05) is 6.20 Å². The predicted octanol–water partition coefficient (Wildman–Crippen LogP) is 2.12. The number of halogens is 3. The summed E-state index contributed by atoms with van der Waals surface area (Å²) in [5, 5.41) is 3.23. The Bertz CT molecular complexity index is 904. The van der Waals surface area contributed by atoms with Crippen molar-refractivity contribution < 1.29 is 26.4 Å². The Hall–Kier alpha value is -2.36. The fourth-order valence-electron chi connectivity index (χ4n) is 2.69. The third-order valence-electron chi connectivity index (χ3n) is 4.23. The molecule has 3 rings (SSSR count). The molecule has 1 aliphatic rings. The molecule has 140 valence electrons. The fourth-order valence-corrected chi connectivity index (χ4v) is 4.26. The van der Waals surface area contributed by atoms with Gasteiger partial charge in [-0.15, -0.1) is 0 Å². The van der Waals surface area contributed by atoms with Crippen molar-refractivity contribution in [2.24, 2.45) is 0 Å². The lowest BCUT2D eigenvalue weighted by Crippen LogP contribution is -2.42. The SMILES string of the molecule is O=C(Cn1ccc(C(F)(F)F)n1)NS(=O)(=O)C1(Cc2ccccc2)CC1. The predicted molar refractivity (Wildman–Crippen MR) is 86.4 cm³/mol. The quantitative estimate of drug-likeness (QED) is 0.823. The lowest BCUT2D eigenvalue weighted by molar-refractivity contribution is -0.141. The summed E-state index contributed by atoms with van der Waals surface area (Å²) in [6.45, 7) is -0.614. The van der Waals surface area contributed by atoms with Gasteiger partial charge in [-0.1, -0.05) is 30.3 Å². The van der Waals surface area contributed by atoms with Gasteiger partial charge in [-0.25, -0.2) is 8.42 Å². The van der Waals surface area contributed by atoms with Crippen LogP contribution in [0.5, 0.6) is 0 Å². The van der Waals surface area contributed by atoms with E-state index in [0.29, 0.717) is 12.8 Å². The molecule has 1 heterocycles. The van der Waals surface area contributed by atoms with Crippen molar-refractivity contribution in [3.05, 3.63) is 53.9 Å². The van der Waals surface area contributed by atoms with Crippen molar-refractivity contribution in [2.75, 3.05) is 0 Å². The Morgan fingerprint density at radius 3 is 2.38 bits per heavy atom. The molecule has 26 heavy (non-hydrogen) atoms. The second kappa shape index (κ2) is 6.42. The van der Waals surface area contributed by atoms with Gasteiger partial charge in [0.25, 0.3) is 5.91 Å². The molecule has 1 aromatic carbocycles. The summed E-state index contributed by atoms with van der Waals surface area (Å²) in [5.41, 5.74) is -0.305. The Morgan fingerprint density at radius 1 is 1.19 bits per heavy atom. The van der Waals surface area contributed by atoms with E-state index in [0.717, 1.165) is 22.5 Å². The van der Waals surface area contributed by atoms with E-state index in [1.807, 2.05) is 10.8 Å². The van der Waals surface area contributed by atoms with E-state index >= 15 is 0 Å². The highest BCUT2D eigenvalue weighted by molar-refractivity contribution is 7.91. The van der Waals surface area contributed by atoms with Crippen LogP contribution in [0.2, 0.25) is 0 Å². The smallest absolute Gasteiger partial charge is 0.272 e. The van der Waals surface area contributed by atoms with E-state index in [4.69, 9.17) is 0 Å². The number of hydrogen-bond donors (Lipinski definition) is 1.